The number of allylic oxidation sites excluding steroid dienone is 2. The Morgan fingerprint density at radius 1 is 1.13 bits per heavy atom. The fourth-order valence-electron chi connectivity index (χ4n) is 9.72. The van der Waals surface area contributed by atoms with E-state index in [1.165, 1.54) is 0 Å². The lowest BCUT2D eigenvalue weighted by Crippen LogP contribution is -2.52. The van der Waals surface area contributed by atoms with Crippen LogP contribution in [0.3, 0.4) is 0 Å². The van der Waals surface area contributed by atoms with Crippen molar-refractivity contribution in [3.8, 4) is 0 Å². The molecule has 10 heteroatoms. The Kier molecular flexibility index (Phi) is 4.89. The van der Waals surface area contributed by atoms with Crippen molar-refractivity contribution in [2.45, 2.75) is 101 Å². The summed E-state index contributed by atoms with van der Waals surface area (Å²) in [5.41, 5.74) is -3.32. The van der Waals surface area contributed by atoms with Crippen LogP contribution >= 0.6 is 0 Å². The molecule has 7 aliphatic rings. The summed E-state index contributed by atoms with van der Waals surface area (Å²) in [4.78, 5) is 38.5. The van der Waals surface area contributed by atoms with Crippen molar-refractivity contribution in [1.82, 2.24) is 0 Å². The van der Waals surface area contributed by atoms with Crippen LogP contribution in [0.15, 0.2) is 23.5 Å². The molecule has 39 heavy (non-hydrogen) atoms. The average molecular weight is 545 g/mol. The molecular formula is C29H36O10. The Labute approximate surface area is 226 Å². The number of aliphatic hydroxyl groups is 3. The van der Waals surface area contributed by atoms with Gasteiger partial charge in [0.1, 0.15) is 17.5 Å². The summed E-state index contributed by atoms with van der Waals surface area (Å²) in [5.74, 6) is -5.63. The van der Waals surface area contributed by atoms with E-state index >= 15 is 0 Å². The van der Waals surface area contributed by atoms with E-state index in [2.05, 4.69) is 0 Å². The molecule has 0 aromatic carbocycles. The maximum atomic E-state index is 14.1. The van der Waals surface area contributed by atoms with E-state index in [1.54, 1.807) is 13.0 Å². The van der Waals surface area contributed by atoms with E-state index in [1.807, 2.05) is 33.8 Å². The van der Waals surface area contributed by atoms with Crippen LogP contribution in [0.5, 0.6) is 0 Å². The predicted molar refractivity (Wildman–Crippen MR) is 131 cm³/mol. The quantitative estimate of drug-likeness (QED) is 0.434. The maximum absolute atomic E-state index is 14.1. The van der Waals surface area contributed by atoms with Gasteiger partial charge in [-0.2, -0.15) is 0 Å². The first-order valence-corrected chi connectivity index (χ1v) is 14.0. The van der Waals surface area contributed by atoms with Gasteiger partial charge in [0, 0.05) is 23.8 Å². The molecule has 212 valence electrons. The van der Waals surface area contributed by atoms with Crippen LogP contribution in [0, 0.1) is 35.0 Å². The van der Waals surface area contributed by atoms with Gasteiger partial charge in [0.15, 0.2) is 6.10 Å². The van der Waals surface area contributed by atoms with E-state index < -0.39 is 75.8 Å². The fourth-order valence-corrected chi connectivity index (χ4v) is 9.72. The Balaban J connectivity index is 1.26. The molecule has 6 fully saturated rings. The highest BCUT2D eigenvalue weighted by molar-refractivity contribution is 5.93. The first-order chi connectivity index (χ1) is 18.1. The molecule has 5 aliphatic heterocycles. The van der Waals surface area contributed by atoms with Gasteiger partial charge in [0.2, 0.25) is 11.6 Å². The minimum atomic E-state index is -2.12. The number of carbonyl (C=O) groups excluding carboxylic acids is 3. The van der Waals surface area contributed by atoms with Crippen molar-refractivity contribution in [3.63, 3.8) is 0 Å². The van der Waals surface area contributed by atoms with Crippen molar-refractivity contribution in [1.29, 1.82) is 0 Å². The number of Topliss-reactive ketones (excluding diaryl/α,β-unsaturated/α-hetero) is 1. The number of fused-ring (bicyclic) bond motifs is 3. The second-order valence-electron chi connectivity index (χ2n) is 13.9. The van der Waals surface area contributed by atoms with Gasteiger partial charge in [-0.1, -0.05) is 13.8 Å². The molecule has 0 radical (unpaired) electrons. The van der Waals surface area contributed by atoms with Gasteiger partial charge in [-0.25, -0.2) is 9.59 Å². The number of cyclic esters (lactones) is 1. The number of aliphatic hydroxyl groups excluding tert-OH is 2. The minimum Gasteiger partial charge on any atom is -0.454 e. The molecule has 3 N–H and O–H groups in total. The molecular weight excluding hydrogens is 508 g/mol. The third-order valence-electron chi connectivity index (χ3n) is 11.3. The highest BCUT2D eigenvalue weighted by Gasteiger charge is 2.83. The lowest BCUT2D eigenvalue weighted by atomic mass is 9.69. The van der Waals surface area contributed by atoms with Gasteiger partial charge in [0.05, 0.1) is 23.2 Å². The second-order valence-corrected chi connectivity index (χ2v) is 13.9. The number of hydrogen-bond acceptors (Lipinski definition) is 10. The van der Waals surface area contributed by atoms with Crippen LogP contribution in [0.2, 0.25) is 0 Å². The first-order valence-electron chi connectivity index (χ1n) is 14.0. The zero-order valence-corrected chi connectivity index (χ0v) is 22.8. The molecule has 2 aliphatic carbocycles. The standard InChI is InChI=1S/C29H36O10/c1-12(8-14-9-13(2)23(33)36-14)17-20-26(17,5)6-7-27-11-28-16(10-15(30)18(27)21(32)29(20,35)39-27)25(3,4)37-22(28)19(31)24(34)38-28/h8-9,12,15-20,22,30-31,35H,6-7,10-11H2,1-5H3/b14-8+/t12-,15+,16+,17-,18+,19-,20+,22-,26-,27+,28-,29-/m1/s1. The Hall–Kier alpha value is -2.11. The first kappa shape index (κ1) is 25.8. The maximum Gasteiger partial charge on any atom is 0.339 e. The number of esters is 2. The van der Waals surface area contributed by atoms with Crippen molar-refractivity contribution >= 4 is 17.7 Å². The van der Waals surface area contributed by atoms with E-state index in [0.717, 1.165) is 0 Å². The van der Waals surface area contributed by atoms with Gasteiger partial charge in [-0.05, 0) is 69.4 Å². The van der Waals surface area contributed by atoms with Crippen molar-refractivity contribution in [2.75, 3.05) is 0 Å². The van der Waals surface area contributed by atoms with E-state index in [9.17, 15) is 29.7 Å². The molecule has 2 spiro atoms. The van der Waals surface area contributed by atoms with Crippen LogP contribution in [-0.4, -0.2) is 73.9 Å². The fraction of sp³-hybridized carbons (Fsp3) is 0.759. The van der Waals surface area contributed by atoms with Crippen LogP contribution in [-0.2, 0) is 33.3 Å². The van der Waals surface area contributed by atoms with Crippen LogP contribution in [0.25, 0.3) is 0 Å². The Morgan fingerprint density at radius 2 is 1.85 bits per heavy atom. The molecule has 0 unspecified atom stereocenters. The number of rotatable bonds is 2. The van der Waals surface area contributed by atoms with Gasteiger partial charge in [-0.3, -0.25) is 4.79 Å². The average Bonchev–Trinajstić information content (AvgIpc) is 3.11. The zero-order valence-electron chi connectivity index (χ0n) is 22.8. The third kappa shape index (κ3) is 3.02. The van der Waals surface area contributed by atoms with Crippen molar-refractivity contribution in [3.05, 3.63) is 23.5 Å². The smallest absolute Gasteiger partial charge is 0.339 e. The molecule has 0 amide bonds. The summed E-state index contributed by atoms with van der Waals surface area (Å²) in [6.45, 7) is 9.38. The molecule has 0 aromatic heterocycles. The lowest BCUT2D eigenvalue weighted by molar-refractivity contribution is -0.244. The minimum absolute atomic E-state index is 0.0461. The number of ether oxygens (including phenoxy) is 4. The summed E-state index contributed by atoms with van der Waals surface area (Å²) in [7, 11) is 0. The molecule has 7 rings (SSSR count). The van der Waals surface area contributed by atoms with Crippen molar-refractivity contribution < 1.29 is 48.7 Å². The van der Waals surface area contributed by atoms with E-state index in [0.29, 0.717) is 24.2 Å². The summed E-state index contributed by atoms with van der Waals surface area (Å²) in [6, 6.07) is 0. The summed E-state index contributed by atoms with van der Waals surface area (Å²) >= 11 is 0. The van der Waals surface area contributed by atoms with Crippen LogP contribution < -0.4 is 0 Å². The lowest BCUT2D eigenvalue weighted by Gasteiger charge is -2.40. The highest BCUT2D eigenvalue weighted by Crippen LogP contribution is 2.75. The molecule has 2 bridgehead atoms. The predicted octanol–water partition coefficient (Wildman–Crippen LogP) is 1.30. The van der Waals surface area contributed by atoms with Gasteiger partial charge < -0.3 is 34.3 Å². The van der Waals surface area contributed by atoms with E-state index in [4.69, 9.17) is 18.9 Å². The SMILES string of the molecule is CC1=C/C(=C\[C@@H](C)[C@@H]2[C@H]3[C@]2(C)CC[C@]24C[C@]56OC(=O)[C@H](O)[C@H]5OC(C)(C)[C@@H]6C[C@H](O)[C@H]2C(=O)[C@]3(O)O4)OC1=O. The number of ketones is 1. The second kappa shape index (κ2) is 7.39. The molecule has 0 aromatic rings. The molecule has 4 saturated heterocycles. The van der Waals surface area contributed by atoms with Crippen molar-refractivity contribution in [2.24, 2.45) is 35.0 Å². The molecule has 10 nitrogen and oxygen atoms in total. The van der Waals surface area contributed by atoms with Crippen LogP contribution in [0.1, 0.15) is 60.3 Å². The number of hydrogen-bond donors (Lipinski definition) is 3. The normalized spacial score (nSPS) is 54.6. The highest BCUT2D eigenvalue weighted by atomic mass is 16.7. The molecule has 2 saturated carbocycles. The molecule has 5 heterocycles. The zero-order chi connectivity index (χ0) is 28.1. The summed E-state index contributed by atoms with van der Waals surface area (Å²) in [5, 5.41) is 34.3. The topological polar surface area (TPSA) is 149 Å². The molecule has 12 atom stereocenters. The largest absolute Gasteiger partial charge is 0.454 e. The van der Waals surface area contributed by atoms with Gasteiger partial charge in [0.25, 0.3) is 0 Å². The van der Waals surface area contributed by atoms with Crippen LogP contribution in [0.4, 0.5) is 0 Å². The number of carbonyl (C=O) groups is 3. The summed E-state index contributed by atoms with van der Waals surface area (Å²) in [6.07, 6.45) is 1.06. The summed E-state index contributed by atoms with van der Waals surface area (Å²) < 4.78 is 23.9. The van der Waals surface area contributed by atoms with Gasteiger partial charge in [-0.15, -0.1) is 0 Å². The van der Waals surface area contributed by atoms with Gasteiger partial charge >= 0.3 is 11.9 Å². The Morgan fingerprint density at radius 3 is 2.51 bits per heavy atom. The Bertz CT molecular complexity index is 1270. The van der Waals surface area contributed by atoms with E-state index in [-0.39, 0.29) is 30.6 Å². The monoisotopic (exact) mass is 544 g/mol. The third-order valence-corrected chi connectivity index (χ3v) is 11.3.